The molecule has 0 aromatic heterocycles. The molecule has 0 unspecified atom stereocenters. The first kappa shape index (κ1) is 30.8. The number of piperidine rings is 1. The summed E-state index contributed by atoms with van der Waals surface area (Å²) in [6.07, 6.45) is 4.34. The molecule has 0 saturated carbocycles. The second-order valence-electron chi connectivity index (χ2n) is 9.19. The van der Waals surface area contributed by atoms with E-state index in [1.165, 1.54) is 36.4 Å². The van der Waals surface area contributed by atoms with Gasteiger partial charge in [-0.25, -0.2) is 8.42 Å². The molecule has 11 nitrogen and oxygen atoms in total. The number of ether oxygens (including phenoxy) is 2. The number of esters is 1. The van der Waals surface area contributed by atoms with E-state index in [2.05, 4.69) is 0 Å². The van der Waals surface area contributed by atoms with Crippen molar-refractivity contribution in [3.63, 3.8) is 0 Å². The monoisotopic (exact) mass is 591 g/mol. The van der Waals surface area contributed by atoms with Crippen molar-refractivity contribution < 1.29 is 27.8 Å². The molecule has 40 heavy (non-hydrogen) atoms. The first-order valence-electron chi connectivity index (χ1n) is 12.7. The average molecular weight is 592 g/mol. The van der Waals surface area contributed by atoms with Crippen LogP contribution in [-0.4, -0.2) is 74.2 Å². The van der Waals surface area contributed by atoms with E-state index in [1.807, 2.05) is 4.90 Å². The quantitative estimate of drug-likeness (QED) is 0.174. The van der Waals surface area contributed by atoms with Gasteiger partial charge >= 0.3 is 5.97 Å². The maximum atomic E-state index is 13.3. The number of hydrogen-bond donors (Lipinski definition) is 4. The van der Waals surface area contributed by atoms with Gasteiger partial charge in [-0.3, -0.25) is 19.9 Å². The van der Waals surface area contributed by atoms with E-state index in [0.29, 0.717) is 35.8 Å². The molecule has 0 atom stereocenters. The number of benzene rings is 2. The van der Waals surface area contributed by atoms with E-state index in [4.69, 9.17) is 37.6 Å². The zero-order valence-corrected chi connectivity index (χ0v) is 24.0. The number of hydrogen-bond acceptors (Lipinski definition) is 8. The summed E-state index contributed by atoms with van der Waals surface area (Å²) in [5.41, 5.74) is 6.47. The number of likely N-dealkylation sites (tertiary alicyclic amines) is 1. The molecule has 3 rings (SSSR count). The lowest BCUT2D eigenvalue weighted by Crippen LogP contribution is -2.40. The molecule has 13 heteroatoms. The number of sulfonamides is 1. The van der Waals surface area contributed by atoms with Crippen LogP contribution in [0.4, 0.5) is 5.69 Å². The van der Waals surface area contributed by atoms with Crippen LogP contribution in [0.25, 0.3) is 6.08 Å². The summed E-state index contributed by atoms with van der Waals surface area (Å²) in [5.74, 6) is -1.10. The highest BCUT2D eigenvalue weighted by molar-refractivity contribution is 7.93. The summed E-state index contributed by atoms with van der Waals surface area (Å²) in [6.45, 7) is 4.58. The number of aromatic hydroxyl groups is 1. The molecule has 2 aromatic carbocycles. The average Bonchev–Trinajstić information content (AvgIpc) is 2.88. The third kappa shape index (κ3) is 8.12. The number of nitrogens with one attached hydrogen (secondary N) is 2. The lowest BCUT2D eigenvalue weighted by atomic mass is 10.1. The Morgan fingerprint density at radius 2 is 1.93 bits per heavy atom. The van der Waals surface area contributed by atoms with Gasteiger partial charge in [-0.2, -0.15) is 0 Å². The highest BCUT2D eigenvalue weighted by Gasteiger charge is 2.27. The topological polar surface area (TPSA) is 170 Å². The van der Waals surface area contributed by atoms with Gasteiger partial charge in [0.15, 0.2) is 5.75 Å². The number of amidine groups is 2. The third-order valence-corrected chi connectivity index (χ3v) is 8.19. The number of nitrogens with zero attached hydrogens (tertiary/aromatic N) is 2. The van der Waals surface area contributed by atoms with Gasteiger partial charge in [0.05, 0.1) is 29.7 Å². The van der Waals surface area contributed by atoms with E-state index in [0.717, 1.165) is 17.1 Å². The number of nitrogen functional groups attached to an aromatic ring is 1. The number of phenolic OH excluding ortho intramolecular Hbond substituents is 1. The first-order valence-corrected chi connectivity index (χ1v) is 14.7. The minimum atomic E-state index is -4.19. The van der Waals surface area contributed by atoms with Crippen molar-refractivity contribution in [1.29, 1.82) is 10.8 Å². The Kier molecular flexibility index (Phi) is 10.4. The molecular weight excluding hydrogens is 558 g/mol. The molecule has 0 aliphatic carbocycles. The fourth-order valence-corrected chi connectivity index (χ4v) is 5.67. The Balaban J connectivity index is 1.85. The largest absolute Gasteiger partial charge is 0.507 e. The number of carbonyl (C=O) groups excluding carboxylic acids is 1. The van der Waals surface area contributed by atoms with Crippen LogP contribution < -0.4 is 14.8 Å². The number of rotatable bonds is 11. The molecule has 5 N–H and O–H groups in total. The van der Waals surface area contributed by atoms with E-state index in [-0.39, 0.29) is 41.6 Å². The van der Waals surface area contributed by atoms with Crippen molar-refractivity contribution in [2.24, 2.45) is 5.73 Å². The van der Waals surface area contributed by atoms with Crippen LogP contribution in [0.2, 0.25) is 5.02 Å². The fourth-order valence-electron chi connectivity index (χ4n) is 4.17. The zero-order chi connectivity index (χ0) is 29.4. The Morgan fingerprint density at radius 3 is 2.52 bits per heavy atom. The van der Waals surface area contributed by atoms with Gasteiger partial charge < -0.3 is 25.2 Å². The second-order valence-corrected chi connectivity index (χ2v) is 11.5. The number of halogens is 1. The lowest BCUT2D eigenvalue weighted by molar-refractivity contribution is -0.139. The van der Waals surface area contributed by atoms with E-state index in [1.54, 1.807) is 26.0 Å². The van der Waals surface area contributed by atoms with Crippen molar-refractivity contribution in [3.8, 4) is 11.5 Å². The van der Waals surface area contributed by atoms with Gasteiger partial charge in [-0.1, -0.05) is 23.8 Å². The molecule has 1 fully saturated rings. The third-order valence-electron chi connectivity index (χ3n) is 6.26. The molecule has 1 heterocycles. The van der Waals surface area contributed by atoms with Crippen LogP contribution in [0.3, 0.4) is 0 Å². The summed E-state index contributed by atoms with van der Waals surface area (Å²) >= 11 is 6.51. The lowest BCUT2D eigenvalue weighted by Gasteiger charge is -2.33. The second kappa shape index (κ2) is 13.5. The predicted molar refractivity (Wildman–Crippen MR) is 156 cm³/mol. The Morgan fingerprint density at radius 1 is 1.23 bits per heavy atom. The normalized spacial score (nSPS) is 14.2. The maximum Gasteiger partial charge on any atom is 0.323 e. The highest BCUT2D eigenvalue weighted by atomic mass is 35.5. The predicted octanol–water partition coefficient (Wildman–Crippen LogP) is 3.58. The van der Waals surface area contributed by atoms with Gasteiger partial charge in [0.1, 0.15) is 23.4 Å². The SMILES string of the molecule is CCOC(=O)CS(=O)(=O)N(CC=Cc1cc(C(=N)N)ccc1O)c1ccc(OC2CCN(C(C)=N)CC2)c(Cl)c1. The molecule has 0 radical (unpaired) electrons. The van der Waals surface area contributed by atoms with Gasteiger partial charge in [0, 0.05) is 37.1 Å². The van der Waals surface area contributed by atoms with Crippen molar-refractivity contribution in [2.75, 3.05) is 36.3 Å². The molecular formula is C27H34ClN5O6S. The number of carbonyl (C=O) groups is 1. The van der Waals surface area contributed by atoms with Crippen molar-refractivity contribution in [2.45, 2.75) is 32.8 Å². The first-order chi connectivity index (χ1) is 18.9. The van der Waals surface area contributed by atoms with Crippen LogP contribution in [-0.2, 0) is 19.6 Å². The molecule has 1 aliphatic heterocycles. The molecule has 0 spiro atoms. The summed E-state index contributed by atoms with van der Waals surface area (Å²) in [7, 11) is -4.19. The molecule has 2 aromatic rings. The Hall–Kier alpha value is -3.77. The van der Waals surface area contributed by atoms with E-state index in [9.17, 15) is 18.3 Å². The van der Waals surface area contributed by atoms with Crippen molar-refractivity contribution in [3.05, 3.63) is 58.6 Å². The minimum Gasteiger partial charge on any atom is -0.507 e. The van der Waals surface area contributed by atoms with Crippen LogP contribution in [0.15, 0.2) is 42.5 Å². The van der Waals surface area contributed by atoms with Gasteiger partial charge in [0.2, 0.25) is 10.0 Å². The van der Waals surface area contributed by atoms with Crippen molar-refractivity contribution >= 4 is 51.0 Å². The van der Waals surface area contributed by atoms with E-state index >= 15 is 0 Å². The number of phenols is 1. The van der Waals surface area contributed by atoms with Gasteiger partial charge in [0.25, 0.3) is 0 Å². The molecule has 216 valence electrons. The summed E-state index contributed by atoms with van der Waals surface area (Å²) in [6, 6.07) is 8.98. The standard InChI is InChI=1S/C27H34ClN5O6S/c1-3-38-26(35)17-40(36,37)33(12-4-5-19-15-20(27(30)31)6-8-24(19)34)21-7-9-25(23(28)16-21)39-22-10-13-32(14-11-22)18(2)29/h4-9,15-16,22,29,34H,3,10-14,17H2,1-2H3,(H3,30,31). The number of nitrogens with two attached hydrogens (primary N) is 1. The van der Waals surface area contributed by atoms with Crippen LogP contribution in [0.1, 0.15) is 37.8 Å². The summed E-state index contributed by atoms with van der Waals surface area (Å²) in [5, 5.41) is 25.8. The minimum absolute atomic E-state index is 0.0379. The van der Waals surface area contributed by atoms with E-state index < -0.39 is 21.7 Å². The summed E-state index contributed by atoms with van der Waals surface area (Å²) < 4.78 is 38.5. The summed E-state index contributed by atoms with van der Waals surface area (Å²) in [4.78, 5) is 14.0. The van der Waals surface area contributed by atoms with Crippen molar-refractivity contribution in [1.82, 2.24) is 4.90 Å². The van der Waals surface area contributed by atoms with Crippen LogP contribution >= 0.6 is 11.6 Å². The molecule has 1 aliphatic rings. The Labute approximate surface area is 239 Å². The molecule has 0 amide bonds. The van der Waals surface area contributed by atoms with Crippen LogP contribution in [0.5, 0.6) is 11.5 Å². The zero-order valence-electron chi connectivity index (χ0n) is 22.4. The van der Waals surface area contributed by atoms with Gasteiger partial charge in [-0.15, -0.1) is 0 Å². The van der Waals surface area contributed by atoms with Crippen LogP contribution in [0, 0.1) is 10.8 Å². The molecule has 1 saturated heterocycles. The maximum absolute atomic E-state index is 13.3. The highest BCUT2D eigenvalue weighted by Crippen LogP contribution is 2.33. The smallest absolute Gasteiger partial charge is 0.323 e. The Bertz CT molecular complexity index is 1390. The fraction of sp³-hybridized carbons (Fsp3) is 0.370. The van der Waals surface area contributed by atoms with Gasteiger partial charge in [-0.05, 0) is 50.2 Å². The molecule has 0 bridgehead atoms. The number of anilines is 1.